The van der Waals surface area contributed by atoms with Crippen LogP contribution in [0.2, 0.25) is 0 Å². The summed E-state index contributed by atoms with van der Waals surface area (Å²) in [7, 11) is 0. The van der Waals surface area contributed by atoms with Crippen LogP contribution in [-0.4, -0.2) is 0 Å². The minimum absolute atomic E-state index is 0.0992. The summed E-state index contributed by atoms with van der Waals surface area (Å²) in [5, 5.41) is 1.06. The van der Waals surface area contributed by atoms with Crippen molar-refractivity contribution in [2.75, 3.05) is 4.90 Å². The molecule has 152 valence electrons. The topological polar surface area (TPSA) is 25.6 Å². The van der Waals surface area contributed by atoms with E-state index >= 15 is 0 Å². The van der Waals surface area contributed by atoms with E-state index in [1.54, 1.807) is 0 Å². The van der Waals surface area contributed by atoms with Crippen LogP contribution >= 0.6 is 0 Å². The quantitative estimate of drug-likeness (QED) is 0.285. The number of para-hydroxylation sites is 2. The molecule has 3 heteroatoms. The molecular formula is C27H27NO2. The van der Waals surface area contributed by atoms with Crippen LogP contribution in [0.3, 0.4) is 0 Å². The molecule has 3 aromatic carbocycles. The Morgan fingerprint density at radius 1 is 0.800 bits per heavy atom. The van der Waals surface area contributed by atoms with Gasteiger partial charge in [-0.25, -0.2) is 0 Å². The molecule has 0 unspecified atom stereocenters. The zero-order chi connectivity index (χ0) is 21.2. The Bertz CT molecular complexity index is 1270. The van der Waals surface area contributed by atoms with Crippen LogP contribution in [-0.2, 0) is 5.41 Å². The number of rotatable bonds is 1. The molecule has 5 rings (SSSR count). The molecule has 0 saturated carbocycles. The average Bonchev–Trinajstić information content (AvgIpc) is 3.02. The fourth-order valence-corrected chi connectivity index (χ4v) is 4.37. The first-order valence-electron chi connectivity index (χ1n) is 10.5. The monoisotopic (exact) mass is 397 g/mol. The molecule has 0 bridgehead atoms. The van der Waals surface area contributed by atoms with Gasteiger partial charge >= 0.3 is 5.95 Å². The summed E-state index contributed by atoms with van der Waals surface area (Å²) in [6.45, 7) is 13.2. The summed E-state index contributed by atoms with van der Waals surface area (Å²) >= 11 is 0. The predicted molar refractivity (Wildman–Crippen MR) is 124 cm³/mol. The maximum atomic E-state index is 6.20. The fourth-order valence-electron chi connectivity index (χ4n) is 4.37. The number of hydrogen-bond acceptors (Lipinski definition) is 3. The largest absolute Gasteiger partial charge is 0.424 e. The highest BCUT2D eigenvalue weighted by Gasteiger charge is 2.33. The third kappa shape index (κ3) is 2.80. The lowest BCUT2D eigenvalue weighted by molar-refractivity contribution is 0.357. The van der Waals surface area contributed by atoms with Gasteiger partial charge in [-0.3, -0.25) is 4.90 Å². The van der Waals surface area contributed by atoms with E-state index in [4.69, 9.17) is 9.15 Å². The number of hydrogen-bond donors (Lipinski definition) is 0. The number of anilines is 3. The lowest BCUT2D eigenvalue weighted by atomic mass is 9.84. The molecule has 0 amide bonds. The maximum absolute atomic E-state index is 6.20. The molecule has 1 aliphatic heterocycles. The number of nitrogens with zero attached hydrogens (tertiary/aromatic N) is 1. The molecule has 0 fully saturated rings. The fraction of sp³-hybridized carbons (Fsp3) is 0.259. The Balaban J connectivity index is 1.82. The molecule has 0 radical (unpaired) electrons. The molecule has 0 spiro atoms. The Kier molecular flexibility index (Phi) is 4.01. The van der Waals surface area contributed by atoms with Crippen LogP contribution in [0.25, 0.3) is 11.0 Å². The van der Waals surface area contributed by atoms with Crippen molar-refractivity contribution < 1.29 is 9.15 Å². The first-order chi connectivity index (χ1) is 14.2. The van der Waals surface area contributed by atoms with Crippen LogP contribution in [0.5, 0.6) is 11.7 Å². The number of fused-ring (bicyclic) bond motifs is 4. The zero-order valence-corrected chi connectivity index (χ0v) is 18.5. The molecular weight excluding hydrogens is 370 g/mol. The standard InChI is InChI=1S/C27H27NO2/c1-16-11-12-20-23(13-16)30-26-25(20)28(21-9-7-8-10-22(21)29-26)24-17(2)14-19(15-18(24)3)27(4,5)6/h7-15H,1-6H3. The van der Waals surface area contributed by atoms with E-state index in [2.05, 4.69) is 88.9 Å². The second kappa shape index (κ2) is 6.40. The summed E-state index contributed by atoms with van der Waals surface area (Å²) < 4.78 is 12.4. The minimum Gasteiger partial charge on any atom is -0.424 e. The summed E-state index contributed by atoms with van der Waals surface area (Å²) in [5.41, 5.74) is 9.12. The second-order valence-electron chi connectivity index (χ2n) is 9.35. The number of furan rings is 1. The first-order valence-corrected chi connectivity index (χ1v) is 10.5. The van der Waals surface area contributed by atoms with E-state index in [1.807, 2.05) is 12.1 Å². The van der Waals surface area contributed by atoms with E-state index in [9.17, 15) is 0 Å². The van der Waals surface area contributed by atoms with E-state index in [0.29, 0.717) is 5.95 Å². The third-order valence-electron chi connectivity index (χ3n) is 5.90. The van der Waals surface area contributed by atoms with Crippen molar-refractivity contribution in [2.45, 2.75) is 47.0 Å². The van der Waals surface area contributed by atoms with Gasteiger partial charge in [0.1, 0.15) is 11.3 Å². The number of benzene rings is 3. The van der Waals surface area contributed by atoms with Crippen molar-refractivity contribution in [3.05, 3.63) is 76.9 Å². The summed E-state index contributed by atoms with van der Waals surface area (Å²) in [4.78, 5) is 2.31. The molecule has 0 saturated heterocycles. The Hall–Kier alpha value is -3.20. The van der Waals surface area contributed by atoms with Crippen molar-refractivity contribution >= 4 is 28.0 Å². The number of ether oxygens (including phenoxy) is 1. The van der Waals surface area contributed by atoms with Gasteiger partial charge in [-0.05, 0) is 72.7 Å². The lowest BCUT2D eigenvalue weighted by Crippen LogP contribution is -2.18. The molecule has 1 aromatic heterocycles. The van der Waals surface area contributed by atoms with Gasteiger partial charge in [0.2, 0.25) is 0 Å². The smallest absolute Gasteiger partial charge is 0.316 e. The molecule has 1 aliphatic rings. The van der Waals surface area contributed by atoms with Gasteiger partial charge in [0.15, 0.2) is 5.75 Å². The van der Waals surface area contributed by atoms with Crippen LogP contribution in [0.1, 0.15) is 43.0 Å². The van der Waals surface area contributed by atoms with E-state index in [-0.39, 0.29) is 5.41 Å². The zero-order valence-electron chi connectivity index (χ0n) is 18.5. The van der Waals surface area contributed by atoms with Gasteiger partial charge in [0.25, 0.3) is 0 Å². The van der Waals surface area contributed by atoms with E-state index < -0.39 is 0 Å². The Labute approximate surface area is 177 Å². The van der Waals surface area contributed by atoms with E-state index in [0.717, 1.165) is 28.1 Å². The molecule has 4 aromatic rings. The van der Waals surface area contributed by atoms with Crippen molar-refractivity contribution in [3.8, 4) is 11.7 Å². The van der Waals surface area contributed by atoms with Crippen molar-refractivity contribution in [3.63, 3.8) is 0 Å². The molecule has 30 heavy (non-hydrogen) atoms. The number of aryl methyl sites for hydroxylation is 3. The van der Waals surface area contributed by atoms with Crippen LogP contribution in [0.4, 0.5) is 17.1 Å². The molecule has 0 N–H and O–H groups in total. The predicted octanol–water partition coefficient (Wildman–Crippen LogP) is 8.23. The van der Waals surface area contributed by atoms with Crippen LogP contribution < -0.4 is 9.64 Å². The third-order valence-corrected chi connectivity index (χ3v) is 5.90. The van der Waals surface area contributed by atoms with Crippen molar-refractivity contribution in [1.82, 2.24) is 0 Å². The minimum atomic E-state index is 0.0992. The summed E-state index contributed by atoms with van der Waals surface area (Å²) in [6, 6.07) is 19.1. The van der Waals surface area contributed by atoms with Gasteiger partial charge in [-0.15, -0.1) is 0 Å². The summed E-state index contributed by atoms with van der Waals surface area (Å²) in [6.07, 6.45) is 0. The lowest BCUT2D eigenvalue weighted by Gasteiger charge is -2.33. The van der Waals surface area contributed by atoms with Crippen molar-refractivity contribution in [1.29, 1.82) is 0 Å². The highest BCUT2D eigenvalue weighted by atomic mass is 16.6. The Morgan fingerprint density at radius 3 is 2.20 bits per heavy atom. The van der Waals surface area contributed by atoms with Crippen molar-refractivity contribution in [2.24, 2.45) is 0 Å². The highest BCUT2D eigenvalue weighted by Crippen LogP contribution is 2.55. The highest BCUT2D eigenvalue weighted by molar-refractivity contribution is 6.02. The SMILES string of the molecule is Cc1ccc2c3c(oc2c1)Oc1ccccc1N3c1c(C)cc(C(C)(C)C)cc1C. The molecule has 2 heterocycles. The van der Waals surface area contributed by atoms with Gasteiger partial charge in [0, 0.05) is 5.39 Å². The molecule has 0 atom stereocenters. The van der Waals surface area contributed by atoms with Gasteiger partial charge in [0.05, 0.1) is 11.4 Å². The van der Waals surface area contributed by atoms with Gasteiger partial charge in [-0.2, -0.15) is 0 Å². The first kappa shape index (κ1) is 18.8. The maximum Gasteiger partial charge on any atom is 0.316 e. The van der Waals surface area contributed by atoms with Crippen LogP contribution in [0.15, 0.2) is 59.0 Å². The van der Waals surface area contributed by atoms with E-state index in [1.165, 1.54) is 27.9 Å². The average molecular weight is 398 g/mol. The van der Waals surface area contributed by atoms with Gasteiger partial charge in [-0.1, -0.05) is 51.1 Å². The van der Waals surface area contributed by atoms with Gasteiger partial charge < -0.3 is 9.15 Å². The Morgan fingerprint density at radius 2 is 1.50 bits per heavy atom. The second-order valence-corrected chi connectivity index (χ2v) is 9.35. The molecule has 3 nitrogen and oxygen atoms in total. The van der Waals surface area contributed by atoms with Crippen LogP contribution in [0, 0.1) is 20.8 Å². The molecule has 0 aliphatic carbocycles. The normalized spacial score (nSPS) is 13.2. The summed E-state index contributed by atoms with van der Waals surface area (Å²) in [5.74, 6) is 1.35.